The molecule has 0 bridgehead atoms. The largest absolute Gasteiger partial charge is 0.390 e. The third-order valence-electron chi connectivity index (χ3n) is 4.03. The van der Waals surface area contributed by atoms with Crippen LogP contribution in [-0.2, 0) is 0 Å². The summed E-state index contributed by atoms with van der Waals surface area (Å²) in [7, 11) is 0. The zero-order valence-corrected chi connectivity index (χ0v) is 14.1. The van der Waals surface area contributed by atoms with Crippen molar-refractivity contribution in [2.24, 2.45) is 0 Å². The maximum Gasteiger partial charge on any atom is 0.247 e. The van der Waals surface area contributed by atoms with E-state index in [1.54, 1.807) is 18.2 Å². The summed E-state index contributed by atoms with van der Waals surface area (Å²) in [5.74, 6) is 0.705. The van der Waals surface area contributed by atoms with Crippen molar-refractivity contribution in [3.05, 3.63) is 28.2 Å². The van der Waals surface area contributed by atoms with Crippen LogP contribution in [0.3, 0.4) is 0 Å². The number of rotatable bonds is 2. The highest BCUT2D eigenvalue weighted by Gasteiger charge is 2.29. The van der Waals surface area contributed by atoms with Crippen molar-refractivity contribution in [1.29, 1.82) is 0 Å². The molecule has 0 amide bonds. The van der Waals surface area contributed by atoms with Gasteiger partial charge in [-0.25, -0.2) is 0 Å². The second-order valence-corrected chi connectivity index (χ2v) is 6.72. The van der Waals surface area contributed by atoms with Gasteiger partial charge in [-0.3, -0.25) is 0 Å². The van der Waals surface area contributed by atoms with Crippen LogP contribution in [0.1, 0.15) is 19.8 Å². The minimum Gasteiger partial charge on any atom is -0.390 e. The molecule has 23 heavy (non-hydrogen) atoms. The van der Waals surface area contributed by atoms with Crippen molar-refractivity contribution in [2.45, 2.75) is 25.4 Å². The summed E-state index contributed by atoms with van der Waals surface area (Å²) >= 11 is 12.2. The number of anilines is 2. The van der Waals surface area contributed by atoms with Gasteiger partial charge in [-0.05, 0) is 25.8 Å². The van der Waals surface area contributed by atoms with Crippen LogP contribution in [0.25, 0.3) is 11.3 Å². The van der Waals surface area contributed by atoms with E-state index in [4.69, 9.17) is 28.9 Å². The highest BCUT2D eigenvalue weighted by Crippen LogP contribution is 2.34. The first-order chi connectivity index (χ1) is 10.9. The Balaban J connectivity index is 1.88. The summed E-state index contributed by atoms with van der Waals surface area (Å²) in [5.41, 5.74) is 6.42. The van der Waals surface area contributed by atoms with Crippen LogP contribution in [0, 0.1) is 0 Å². The highest BCUT2D eigenvalue weighted by atomic mass is 35.5. The van der Waals surface area contributed by atoms with E-state index >= 15 is 0 Å². The van der Waals surface area contributed by atoms with E-state index in [0.29, 0.717) is 53.2 Å². The molecule has 3 rings (SSSR count). The first kappa shape index (κ1) is 16.2. The maximum absolute atomic E-state index is 10.0. The number of aromatic nitrogens is 3. The third kappa shape index (κ3) is 3.34. The minimum absolute atomic E-state index is 0.247. The number of nitrogen functional groups attached to an aromatic ring is 1. The van der Waals surface area contributed by atoms with Crippen molar-refractivity contribution >= 4 is 35.0 Å². The van der Waals surface area contributed by atoms with Crippen LogP contribution in [0.4, 0.5) is 11.8 Å². The lowest BCUT2D eigenvalue weighted by atomic mass is 9.94. The van der Waals surface area contributed by atoms with Crippen LogP contribution >= 0.6 is 23.2 Å². The standard InChI is InChI=1S/C15H17Cl2N5O/c1-15(23)5-7-22(8-6-15)14-19-13(18)12(20-21-14)9-3-2-4-10(16)11(9)17/h2-4,23H,5-8H2,1H3,(H2,18,19,21). The van der Waals surface area contributed by atoms with Crippen molar-refractivity contribution in [3.8, 4) is 11.3 Å². The van der Waals surface area contributed by atoms with Gasteiger partial charge in [-0.2, -0.15) is 4.98 Å². The number of halogens is 2. The molecule has 0 saturated carbocycles. The Morgan fingerprint density at radius 2 is 1.91 bits per heavy atom. The normalized spacial score (nSPS) is 17.3. The predicted octanol–water partition coefficient (Wildman–Crippen LogP) is 2.78. The summed E-state index contributed by atoms with van der Waals surface area (Å²) in [6.45, 7) is 3.15. The van der Waals surface area contributed by atoms with Gasteiger partial charge in [-0.15, -0.1) is 10.2 Å². The Labute approximate surface area is 144 Å². The lowest BCUT2D eigenvalue weighted by Gasteiger charge is -2.35. The van der Waals surface area contributed by atoms with E-state index < -0.39 is 5.60 Å². The van der Waals surface area contributed by atoms with Gasteiger partial charge in [0, 0.05) is 18.7 Å². The molecule has 1 aromatic carbocycles. The second kappa shape index (κ2) is 6.11. The van der Waals surface area contributed by atoms with E-state index in [0.717, 1.165) is 0 Å². The average molecular weight is 354 g/mol. The number of hydrogen-bond acceptors (Lipinski definition) is 6. The Morgan fingerprint density at radius 3 is 2.57 bits per heavy atom. The molecule has 0 aliphatic carbocycles. The van der Waals surface area contributed by atoms with Crippen LogP contribution in [-0.4, -0.2) is 39.0 Å². The van der Waals surface area contributed by atoms with Crippen LogP contribution in [0.5, 0.6) is 0 Å². The summed E-state index contributed by atoms with van der Waals surface area (Å²) in [6.07, 6.45) is 1.30. The van der Waals surface area contributed by atoms with Gasteiger partial charge < -0.3 is 15.7 Å². The monoisotopic (exact) mass is 353 g/mol. The molecule has 1 aromatic heterocycles. The molecular weight excluding hydrogens is 337 g/mol. The van der Waals surface area contributed by atoms with Crippen LogP contribution < -0.4 is 10.6 Å². The SMILES string of the molecule is CC1(O)CCN(c2nnc(-c3cccc(Cl)c3Cl)c(N)n2)CC1. The molecule has 6 nitrogen and oxygen atoms in total. The molecule has 0 radical (unpaired) electrons. The van der Waals surface area contributed by atoms with Crippen molar-refractivity contribution < 1.29 is 5.11 Å². The summed E-state index contributed by atoms with van der Waals surface area (Å²) in [5, 5.41) is 19.1. The lowest BCUT2D eigenvalue weighted by Crippen LogP contribution is -2.43. The summed E-state index contributed by atoms with van der Waals surface area (Å²) < 4.78 is 0. The lowest BCUT2D eigenvalue weighted by molar-refractivity contribution is 0.0348. The molecule has 1 saturated heterocycles. The van der Waals surface area contributed by atoms with Gasteiger partial charge in [0.25, 0.3) is 0 Å². The average Bonchev–Trinajstić information content (AvgIpc) is 2.50. The molecule has 1 aliphatic heterocycles. The number of piperidine rings is 1. The maximum atomic E-state index is 10.0. The first-order valence-electron chi connectivity index (χ1n) is 7.29. The summed E-state index contributed by atoms with van der Waals surface area (Å²) in [4.78, 5) is 6.30. The van der Waals surface area contributed by atoms with Gasteiger partial charge in [0.05, 0.1) is 15.6 Å². The molecule has 0 atom stereocenters. The van der Waals surface area contributed by atoms with Gasteiger partial charge >= 0.3 is 0 Å². The van der Waals surface area contributed by atoms with E-state index in [-0.39, 0.29) is 5.82 Å². The summed E-state index contributed by atoms with van der Waals surface area (Å²) in [6, 6.07) is 5.23. The molecule has 122 valence electrons. The molecule has 2 heterocycles. The zero-order valence-electron chi connectivity index (χ0n) is 12.6. The fraction of sp³-hybridized carbons (Fsp3) is 0.400. The fourth-order valence-corrected chi connectivity index (χ4v) is 2.92. The van der Waals surface area contributed by atoms with Crippen molar-refractivity contribution in [1.82, 2.24) is 15.2 Å². The minimum atomic E-state index is -0.635. The Kier molecular flexibility index (Phi) is 4.31. The van der Waals surface area contributed by atoms with Gasteiger partial charge in [-0.1, -0.05) is 35.3 Å². The number of nitrogens with zero attached hydrogens (tertiary/aromatic N) is 4. The number of benzene rings is 1. The van der Waals surface area contributed by atoms with E-state index in [2.05, 4.69) is 15.2 Å². The zero-order chi connectivity index (χ0) is 16.6. The first-order valence-corrected chi connectivity index (χ1v) is 8.05. The third-order valence-corrected chi connectivity index (χ3v) is 4.85. The Bertz CT molecular complexity index is 728. The van der Waals surface area contributed by atoms with Crippen molar-refractivity contribution in [3.63, 3.8) is 0 Å². The number of nitrogens with two attached hydrogens (primary N) is 1. The molecule has 1 aliphatic rings. The van der Waals surface area contributed by atoms with Crippen molar-refractivity contribution in [2.75, 3.05) is 23.7 Å². The van der Waals surface area contributed by atoms with Crippen LogP contribution in [0.15, 0.2) is 18.2 Å². The Morgan fingerprint density at radius 1 is 1.22 bits per heavy atom. The molecule has 1 fully saturated rings. The molecule has 2 aromatic rings. The predicted molar refractivity (Wildman–Crippen MR) is 91.8 cm³/mol. The second-order valence-electron chi connectivity index (χ2n) is 5.93. The Hall–Kier alpha value is -1.63. The molecule has 3 N–H and O–H groups in total. The smallest absolute Gasteiger partial charge is 0.247 e. The van der Waals surface area contributed by atoms with Crippen LogP contribution in [0.2, 0.25) is 10.0 Å². The topological polar surface area (TPSA) is 88.2 Å². The fourth-order valence-electron chi connectivity index (χ4n) is 2.53. The van der Waals surface area contributed by atoms with E-state index in [1.165, 1.54) is 0 Å². The van der Waals surface area contributed by atoms with E-state index in [1.807, 2.05) is 11.8 Å². The molecule has 8 heteroatoms. The highest BCUT2D eigenvalue weighted by molar-refractivity contribution is 6.43. The quantitative estimate of drug-likeness (QED) is 0.862. The van der Waals surface area contributed by atoms with Gasteiger partial charge in [0.15, 0.2) is 5.82 Å². The van der Waals surface area contributed by atoms with Gasteiger partial charge in [0.1, 0.15) is 5.69 Å². The molecule has 0 spiro atoms. The number of aliphatic hydroxyl groups is 1. The molecule has 0 unspecified atom stereocenters. The van der Waals surface area contributed by atoms with Gasteiger partial charge in [0.2, 0.25) is 5.95 Å². The number of hydrogen-bond donors (Lipinski definition) is 2. The molecular formula is C15H17Cl2N5O. The van der Waals surface area contributed by atoms with E-state index in [9.17, 15) is 5.11 Å².